The summed E-state index contributed by atoms with van der Waals surface area (Å²) in [6.07, 6.45) is -0.605. The van der Waals surface area contributed by atoms with Crippen molar-refractivity contribution in [2.45, 2.75) is 19.1 Å². The minimum atomic E-state index is -0.605. The maximum Gasteiger partial charge on any atom is 0.267 e. The number of fused-ring (bicyclic) bond motifs is 1. The lowest BCUT2D eigenvalue weighted by Gasteiger charge is -2.32. The second kappa shape index (κ2) is 6.10. The van der Waals surface area contributed by atoms with Gasteiger partial charge in [0.25, 0.3) is 5.91 Å². The molecule has 0 unspecified atom stereocenters. The van der Waals surface area contributed by atoms with Gasteiger partial charge in [-0.3, -0.25) is 4.79 Å². The van der Waals surface area contributed by atoms with Gasteiger partial charge in [-0.1, -0.05) is 42.5 Å². The molecule has 0 saturated heterocycles. The number of carbonyl (C=O) groups is 1. The normalized spacial score (nSPS) is 17.6. The molecule has 4 nitrogen and oxygen atoms in total. The maximum absolute atomic E-state index is 12.6. The van der Waals surface area contributed by atoms with Crippen molar-refractivity contribution in [3.63, 3.8) is 0 Å². The van der Waals surface area contributed by atoms with Crippen LogP contribution in [0.15, 0.2) is 54.6 Å². The van der Waals surface area contributed by atoms with Crippen LogP contribution in [0.3, 0.4) is 0 Å². The van der Waals surface area contributed by atoms with Crippen molar-refractivity contribution in [3.8, 4) is 11.5 Å². The fraction of sp³-hybridized carbons (Fsp3) is 0.278. The molecule has 2 atom stereocenters. The van der Waals surface area contributed by atoms with Crippen molar-refractivity contribution in [1.29, 1.82) is 0 Å². The van der Waals surface area contributed by atoms with Crippen LogP contribution in [-0.2, 0) is 4.79 Å². The average Bonchev–Trinajstić information content (AvgIpc) is 2.60. The summed E-state index contributed by atoms with van der Waals surface area (Å²) in [6, 6.07) is 17.3. The fourth-order valence-electron chi connectivity index (χ4n) is 2.51. The van der Waals surface area contributed by atoms with Gasteiger partial charge in [0.1, 0.15) is 6.61 Å². The van der Waals surface area contributed by atoms with Gasteiger partial charge in [0.2, 0.25) is 6.10 Å². The van der Waals surface area contributed by atoms with Gasteiger partial charge in [-0.15, -0.1) is 0 Å². The molecular formula is C18H19NO3. The molecule has 114 valence electrons. The van der Waals surface area contributed by atoms with E-state index in [4.69, 9.17) is 9.47 Å². The van der Waals surface area contributed by atoms with Crippen LogP contribution in [0.1, 0.15) is 18.5 Å². The van der Waals surface area contributed by atoms with E-state index in [1.807, 2.05) is 61.5 Å². The zero-order valence-corrected chi connectivity index (χ0v) is 12.7. The van der Waals surface area contributed by atoms with Crippen molar-refractivity contribution in [1.82, 2.24) is 4.90 Å². The summed E-state index contributed by atoms with van der Waals surface area (Å²) in [5.74, 6) is 1.23. The van der Waals surface area contributed by atoms with Crippen LogP contribution in [-0.4, -0.2) is 30.6 Å². The topological polar surface area (TPSA) is 38.8 Å². The van der Waals surface area contributed by atoms with Gasteiger partial charge in [0.15, 0.2) is 11.5 Å². The molecule has 1 aliphatic heterocycles. The molecule has 4 heteroatoms. The molecule has 2 aromatic carbocycles. The van der Waals surface area contributed by atoms with Crippen LogP contribution in [0, 0.1) is 0 Å². The van der Waals surface area contributed by atoms with E-state index in [2.05, 4.69) is 0 Å². The van der Waals surface area contributed by atoms with Gasteiger partial charge in [0, 0.05) is 7.05 Å². The third-order valence-corrected chi connectivity index (χ3v) is 3.99. The predicted molar refractivity (Wildman–Crippen MR) is 84.0 cm³/mol. The number of hydrogen-bond acceptors (Lipinski definition) is 3. The number of benzene rings is 2. The highest BCUT2D eigenvalue weighted by molar-refractivity contribution is 5.82. The largest absolute Gasteiger partial charge is 0.485 e. The molecule has 1 amide bonds. The molecule has 1 heterocycles. The maximum atomic E-state index is 12.6. The van der Waals surface area contributed by atoms with Crippen LogP contribution in [0.25, 0.3) is 0 Å². The van der Waals surface area contributed by atoms with Crippen LogP contribution >= 0.6 is 0 Å². The fourth-order valence-corrected chi connectivity index (χ4v) is 2.51. The molecule has 0 spiro atoms. The van der Waals surface area contributed by atoms with Crippen molar-refractivity contribution in [2.24, 2.45) is 0 Å². The van der Waals surface area contributed by atoms with Gasteiger partial charge >= 0.3 is 0 Å². The van der Waals surface area contributed by atoms with E-state index in [9.17, 15) is 4.79 Å². The Morgan fingerprint density at radius 2 is 1.73 bits per heavy atom. The summed E-state index contributed by atoms with van der Waals surface area (Å²) < 4.78 is 11.4. The summed E-state index contributed by atoms with van der Waals surface area (Å²) in [7, 11) is 1.80. The lowest BCUT2D eigenvalue weighted by Crippen LogP contribution is -2.45. The average molecular weight is 297 g/mol. The van der Waals surface area contributed by atoms with E-state index < -0.39 is 6.10 Å². The Morgan fingerprint density at radius 1 is 1.09 bits per heavy atom. The van der Waals surface area contributed by atoms with Gasteiger partial charge in [-0.2, -0.15) is 0 Å². The first-order chi connectivity index (χ1) is 10.7. The molecule has 1 aliphatic rings. The number of carbonyl (C=O) groups excluding carboxylic acids is 1. The van der Waals surface area contributed by atoms with Crippen molar-refractivity contribution in [3.05, 3.63) is 60.2 Å². The van der Waals surface area contributed by atoms with E-state index in [1.54, 1.807) is 11.9 Å². The Morgan fingerprint density at radius 3 is 2.45 bits per heavy atom. The molecule has 0 saturated carbocycles. The minimum absolute atomic E-state index is 0.0190. The summed E-state index contributed by atoms with van der Waals surface area (Å²) in [5.41, 5.74) is 1.09. The van der Waals surface area contributed by atoms with Crippen LogP contribution in [0.5, 0.6) is 11.5 Å². The minimum Gasteiger partial charge on any atom is -0.485 e. The standard InChI is InChI=1S/C18H19NO3/c1-13(14-8-4-3-5-9-14)19(2)18(20)17-12-21-15-10-6-7-11-16(15)22-17/h3-11,13,17H,12H2,1-2H3/t13-,17-/m1/s1. The predicted octanol–water partition coefficient (Wildman–Crippen LogP) is 3.05. The van der Waals surface area contributed by atoms with E-state index in [1.165, 1.54) is 0 Å². The molecule has 0 fully saturated rings. The molecule has 0 N–H and O–H groups in total. The molecule has 3 rings (SSSR count). The Balaban J connectivity index is 1.72. The van der Waals surface area contributed by atoms with Crippen molar-refractivity contribution >= 4 is 5.91 Å². The lowest BCUT2D eigenvalue weighted by molar-refractivity contribution is -0.141. The van der Waals surface area contributed by atoms with Crippen LogP contribution in [0.4, 0.5) is 0 Å². The SMILES string of the molecule is C[C@H](c1ccccc1)N(C)C(=O)[C@H]1COc2ccccc2O1. The summed E-state index contributed by atoms with van der Waals surface area (Å²) >= 11 is 0. The Hall–Kier alpha value is -2.49. The molecular weight excluding hydrogens is 278 g/mol. The third kappa shape index (κ3) is 2.77. The number of likely N-dealkylation sites (N-methyl/N-ethyl adjacent to an activating group) is 1. The Labute approximate surface area is 130 Å². The summed E-state index contributed by atoms with van der Waals surface area (Å²) in [5, 5.41) is 0. The molecule has 0 bridgehead atoms. The summed E-state index contributed by atoms with van der Waals surface area (Å²) in [4.78, 5) is 14.3. The summed E-state index contributed by atoms with van der Waals surface area (Å²) in [6.45, 7) is 2.24. The smallest absolute Gasteiger partial charge is 0.267 e. The second-order valence-electron chi connectivity index (χ2n) is 5.40. The van der Waals surface area contributed by atoms with Gasteiger partial charge in [-0.05, 0) is 24.6 Å². The van der Waals surface area contributed by atoms with Crippen LogP contribution in [0.2, 0.25) is 0 Å². The first kappa shape index (κ1) is 14.4. The highest BCUT2D eigenvalue weighted by Crippen LogP contribution is 2.31. The lowest BCUT2D eigenvalue weighted by atomic mass is 10.1. The molecule has 0 aromatic heterocycles. The molecule has 0 aliphatic carbocycles. The Bertz CT molecular complexity index is 652. The van der Waals surface area contributed by atoms with E-state index in [-0.39, 0.29) is 18.6 Å². The first-order valence-corrected chi connectivity index (χ1v) is 7.37. The number of para-hydroxylation sites is 2. The van der Waals surface area contributed by atoms with E-state index in [0.717, 1.165) is 5.56 Å². The third-order valence-electron chi connectivity index (χ3n) is 3.99. The zero-order valence-electron chi connectivity index (χ0n) is 12.7. The van der Waals surface area contributed by atoms with Crippen LogP contribution < -0.4 is 9.47 Å². The molecule has 22 heavy (non-hydrogen) atoms. The number of ether oxygens (including phenoxy) is 2. The highest BCUT2D eigenvalue weighted by atomic mass is 16.6. The van der Waals surface area contributed by atoms with Crippen molar-refractivity contribution in [2.75, 3.05) is 13.7 Å². The van der Waals surface area contributed by atoms with E-state index in [0.29, 0.717) is 11.5 Å². The highest BCUT2D eigenvalue weighted by Gasteiger charge is 2.31. The molecule has 0 radical (unpaired) electrons. The second-order valence-corrected chi connectivity index (χ2v) is 5.40. The number of amides is 1. The van der Waals surface area contributed by atoms with E-state index >= 15 is 0 Å². The molecule has 2 aromatic rings. The number of nitrogens with zero attached hydrogens (tertiary/aromatic N) is 1. The van der Waals surface area contributed by atoms with Gasteiger partial charge in [0.05, 0.1) is 6.04 Å². The monoisotopic (exact) mass is 297 g/mol. The number of rotatable bonds is 3. The van der Waals surface area contributed by atoms with Gasteiger partial charge < -0.3 is 14.4 Å². The van der Waals surface area contributed by atoms with Gasteiger partial charge in [-0.25, -0.2) is 0 Å². The number of hydrogen-bond donors (Lipinski definition) is 0. The van der Waals surface area contributed by atoms with Crippen molar-refractivity contribution < 1.29 is 14.3 Å². The first-order valence-electron chi connectivity index (χ1n) is 7.37. The quantitative estimate of drug-likeness (QED) is 0.874. The zero-order chi connectivity index (χ0) is 15.5. The Kier molecular flexibility index (Phi) is 4.00.